The van der Waals surface area contributed by atoms with Crippen molar-refractivity contribution in [1.29, 1.82) is 0 Å². The van der Waals surface area contributed by atoms with Crippen LogP contribution in [0.1, 0.15) is 5.56 Å². The molecule has 7 aromatic rings. The summed E-state index contributed by atoms with van der Waals surface area (Å²) in [7, 11) is 0. The fourth-order valence-corrected chi connectivity index (χ4v) is 4.80. The van der Waals surface area contributed by atoms with Gasteiger partial charge in [0.05, 0.1) is 11.9 Å². The number of halogens is 1. The minimum atomic E-state index is -0.517. The summed E-state index contributed by atoms with van der Waals surface area (Å²) < 4.78 is 20.0. The van der Waals surface area contributed by atoms with E-state index in [-0.39, 0.29) is 5.75 Å². The smallest absolute Gasteiger partial charge is 0.155 e. The molecule has 40 heavy (non-hydrogen) atoms. The molecule has 0 bridgehead atoms. The minimum absolute atomic E-state index is 0.142. The van der Waals surface area contributed by atoms with Crippen molar-refractivity contribution in [2.45, 2.75) is 6.61 Å². The van der Waals surface area contributed by atoms with Crippen molar-refractivity contribution >= 4 is 22.1 Å². The molecule has 0 radical (unpaired) electrons. The lowest BCUT2D eigenvalue weighted by Crippen LogP contribution is -1.96. The number of nitrogens with zero attached hydrogens (tertiary/aromatic N) is 4. The van der Waals surface area contributed by atoms with Gasteiger partial charge in [0.2, 0.25) is 0 Å². The van der Waals surface area contributed by atoms with Crippen molar-refractivity contribution in [3.63, 3.8) is 0 Å². The van der Waals surface area contributed by atoms with Gasteiger partial charge in [-0.25, -0.2) is 14.4 Å². The Labute approximate surface area is 227 Å². The van der Waals surface area contributed by atoms with Crippen molar-refractivity contribution in [2.24, 2.45) is 0 Å². The van der Waals surface area contributed by atoms with Gasteiger partial charge in [0.15, 0.2) is 5.65 Å². The van der Waals surface area contributed by atoms with Crippen LogP contribution >= 0.6 is 0 Å². The summed E-state index contributed by atoms with van der Waals surface area (Å²) in [5.41, 5.74) is 6.71. The van der Waals surface area contributed by atoms with E-state index in [2.05, 4.69) is 30.1 Å². The third-order valence-electron chi connectivity index (χ3n) is 6.69. The number of phenols is 1. The van der Waals surface area contributed by atoms with Crippen LogP contribution in [-0.4, -0.2) is 35.2 Å². The summed E-state index contributed by atoms with van der Waals surface area (Å²) in [6.07, 6.45) is 6.87. The van der Waals surface area contributed by atoms with Crippen molar-refractivity contribution in [1.82, 2.24) is 30.1 Å². The van der Waals surface area contributed by atoms with Crippen molar-refractivity contribution < 1.29 is 14.2 Å². The van der Waals surface area contributed by atoms with E-state index in [1.807, 2.05) is 48.5 Å². The van der Waals surface area contributed by atoms with Gasteiger partial charge in [0, 0.05) is 46.6 Å². The van der Waals surface area contributed by atoms with Gasteiger partial charge in [0.25, 0.3) is 0 Å². The maximum Gasteiger partial charge on any atom is 0.155 e. The fraction of sp³-hybridized carbons (Fsp3) is 0.0323. The summed E-state index contributed by atoms with van der Waals surface area (Å²) in [6, 6.07) is 21.6. The number of aromatic amines is 2. The van der Waals surface area contributed by atoms with Crippen LogP contribution in [0.4, 0.5) is 4.39 Å². The number of ether oxygens (including phenoxy) is 1. The monoisotopic (exact) mass is 528 g/mol. The summed E-state index contributed by atoms with van der Waals surface area (Å²) in [5, 5.41) is 19.0. The number of H-pyrrole nitrogens is 2. The number of rotatable bonds is 6. The molecule has 7 rings (SSSR count). The molecule has 0 fully saturated rings. The number of phenolic OH excluding ortho intramolecular Hbond substituents is 1. The van der Waals surface area contributed by atoms with E-state index < -0.39 is 5.82 Å². The summed E-state index contributed by atoms with van der Waals surface area (Å²) in [5.74, 6) is -0.000218. The molecule has 194 valence electrons. The quantitative estimate of drug-likeness (QED) is 0.223. The van der Waals surface area contributed by atoms with E-state index in [1.54, 1.807) is 30.9 Å². The number of pyridine rings is 3. The Morgan fingerprint density at radius 3 is 2.55 bits per heavy atom. The van der Waals surface area contributed by atoms with E-state index in [4.69, 9.17) is 4.74 Å². The third kappa shape index (κ3) is 4.39. The zero-order valence-corrected chi connectivity index (χ0v) is 21.0. The summed E-state index contributed by atoms with van der Waals surface area (Å²) in [6.45, 7) is 0.445. The van der Waals surface area contributed by atoms with Crippen LogP contribution in [0.15, 0.2) is 97.6 Å². The molecule has 0 aliphatic heterocycles. The molecule has 8 nitrogen and oxygen atoms in total. The van der Waals surface area contributed by atoms with Gasteiger partial charge < -0.3 is 14.8 Å². The molecule has 0 amide bonds. The highest BCUT2D eigenvalue weighted by atomic mass is 19.1. The number of benzene rings is 2. The Morgan fingerprint density at radius 2 is 1.68 bits per heavy atom. The topological polar surface area (TPSA) is 113 Å². The van der Waals surface area contributed by atoms with Gasteiger partial charge in [-0.05, 0) is 53.1 Å². The Hall–Kier alpha value is -5.57. The molecule has 2 aromatic carbocycles. The van der Waals surface area contributed by atoms with E-state index in [0.29, 0.717) is 34.9 Å². The van der Waals surface area contributed by atoms with Crippen molar-refractivity contribution in [2.75, 3.05) is 0 Å². The Morgan fingerprint density at radius 1 is 0.800 bits per heavy atom. The summed E-state index contributed by atoms with van der Waals surface area (Å²) >= 11 is 0. The molecule has 0 aliphatic rings. The molecule has 0 spiro atoms. The maximum absolute atomic E-state index is 14.0. The second-order valence-electron chi connectivity index (χ2n) is 9.38. The van der Waals surface area contributed by atoms with Crippen LogP contribution in [0.25, 0.3) is 55.7 Å². The van der Waals surface area contributed by atoms with E-state index in [1.165, 1.54) is 12.1 Å². The summed E-state index contributed by atoms with van der Waals surface area (Å²) in [4.78, 5) is 16.7. The van der Waals surface area contributed by atoms with E-state index in [9.17, 15) is 9.50 Å². The van der Waals surface area contributed by atoms with Gasteiger partial charge in [0.1, 0.15) is 35.3 Å². The normalized spacial score (nSPS) is 11.3. The molecular weight excluding hydrogens is 507 g/mol. The average Bonchev–Trinajstić information content (AvgIpc) is 3.60. The number of hydrogen-bond donors (Lipinski definition) is 3. The predicted molar refractivity (Wildman–Crippen MR) is 150 cm³/mol. The minimum Gasteiger partial charge on any atom is -0.508 e. The molecule has 0 saturated carbocycles. The number of aromatic nitrogens is 6. The fourth-order valence-electron chi connectivity index (χ4n) is 4.80. The highest BCUT2D eigenvalue weighted by Crippen LogP contribution is 2.35. The molecule has 0 aliphatic carbocycles. The maximum atomic E-state index is 14.0. The lowest BCUT2D eigenvalue weighted by molar-refractivity contribution is 0.305. The first kappa shape index (κ1) is 23.5. The molecule has 5 aromatic heterocycles. The average molecular weight is 529 g/mol. The first-order valence-corrected chi connectivity index (χ1v) is 12.5. The Kier molecular flexibility index (Phi) is 5.67. The molecule has 0 saturated heterocycles. The molecule has 0 atom stereocenters. The second kappa shape index (κ2) is 9.63. The first-order chi connectivity index (χ1) is 19.6. The lowest BCUT2D eigenvalue weighted by Gasteiger charge is -2.08. The van der Waals surface area contributed by atoms with Crippen molar-refractivity contribution in [3.05, 3.63) is 109 Å². The first-order valence-electron chi connectivity index (χ1n) is 12.5. The number of hydrogen-bond acceptors (Lipinski definition) is 6. The van der Waals surface area contributed by atoms with Gasteiger partial charge in [-0.3, -0.25) is 10.1 Å². The van der Waals surface area contributed by atoms with Crippen LogP contribution in [0.2, 0.25) is 0 Å². The van der Waals surface area contributed by atoms with E-state index in [0.717, 1.165) is 44.8 Å². The zero-order chi connectivity index (χ0) is 27.1. The molecule has 0 unspecified atom stereocenters. The van der Waals surface area contributed by atoms with Crippen LogP contribution in [0.3, 0.4) is 0 Å². The Bertz CT molecular complexity index is 1980. The van der Waals surface area contributed by atoms with Crippen LogP contribution in [0, 0.1) is 5.82 Å². The zero-order valence-electron chi connectivity index (χ0n) is 21.0. The van der Waals surface area contributed by atoms with E-state index >= 15 is 0 Å². The van der Waals surface area contributed by atoms with Crippen molar-refractivity contribution in [3.8, 4) is 45.1 Å². The highest BCUT2D eigenvalue weighted by molar-refractivity contribution is 5.99. The van der Waals surface area contributed by atoms with Gasteiger partial charge in [-0.1, -0.05) is 30.3 Å². The number of aromatic hydroxyl groups is 1. The van der Waals surface area contributed by atoms with Gasteiger partial charge in [-0.15, -0.1) is 0 Å². The van der Waals surface area contributed by atoms with Crippen LogP contribution in [0.5, 0.6) is 11.5 Å². The van der Waals surface area contributed by atoms with Crippen LogP contribution < -0.4 is 4.74 Å². The lowest BCUT2D eigenvalue weighted by atomic mass is 10.0. The molecular formula is C31H21FN6O2. The Balaban J connectivity index is 1.25. The van der Waals surface area contributed by atoms with Gasteiger partial charge >= 0.3 is 0 Å². The number of nitrogens with one attached hydrogen (secondary N) is 2. The largest absolute Gasteiger partial charge is 0.508 e. The third-order valence-corrected chi connectivity index (χ3v) is 6.69. The highest BCUT2D eigenvalue weighted by Gasteiger charge is 2.16. The second-order valence-corrected chi connectivity index (χ2v) is 9.38. The van der Waals surface area contributed by atoms with Crippen LogP contribution in [-0.2, 0) is 6.61 Å². The number of fused-ring (bicyclic) bond motifs is 2. The molecule has 3 N–H and O–H groups in total. The van der Waals surface area contributed by atoms with Gasteiger partial charge in [-0.2, -0.15) is 5.10 Å². The molecule has 9 heteroatoms. The predicted octanol–water partition coefficient (Wildman–Crippen LogP) is 6.65. The molecule has 5 heterocycles. The SMILES string of the molecule is Oc1cc(F)cc(-c2ccnc3[nH]c(-c4n[nH]c5ncc(-c6cncc(OCc7ccccc7)c6)cc45)cc23)c1. The standard InChI is InChI=1S/C31H21FN6O2/c32-22-8-19(9-23(39)12-22)25-6-7-34-30-26(25)13-28(36-30)29-27-11-21(15-35-31(27)38-37-29)20-10-24(16-33-14-20)40-17-18-4-2-1-3-5-18/h1-16,39H,17H2,(H,34,36)(H,35,37,38).